The quantitative estimate of drug-likeness (QED) is 0.559. The summed E-state index contributed by atoms with van der Waals surface area (Å²) in [5.41, 5.74) is 6.44. The van der Waals surface area contributed by atoms with Crippen molar-refractivity contribution in [2.45, 2.75) is 12.6 Å². The number of carboxylic acid groups (broad SMARTS) is 1. The molecule has 1 aromatic rings. The maximum Gasteiger partial charge on any atom is 0.101 e. The highest BCUT2D eigenvalue weighted by Crippen LogP contribution is 1.94. The Hall–Kier alpha value is -1.39. The van der Waals surface area contributed by atoms with Gasteiger partial charge in [-0.15, -0.1) is 0 Å². The molecule has 0 aliphatic heterocycles. The summed E-state index contributed by atoms with van der Waals surface area (Å²) in [5, 5.41) is 12.1. The summed E-state index contributed by atoms with van der Waals surface area (Å²) in [7, 11) is 0. The summed E-state index contributed by atoms with van der Waals surface area (Å²) in [6.07, 6.45) is 0. The molecule has 0 unspecified atom stereocenters. The van der Waals surface area contributed by atoms with Gasteiger partial charge in [-0.25, -0.2) is 0 Å². The Labute approximate surface area is 82.7 Å². The fraction of sp³-hybridized carbons (Fsp3) is 0.300. The molecular formula is C10H14N2O2. The maximum atomic E-state index is 10.3. The number of quaternary nitrogens is 1. The van der Waals surface area contributed by atoms with Crippen LogP contribution in [0.25, 0.3) is 0 Å². The van der Waals surface area contributed by atoms with E-state index in [9.17, 15) is 9.90 Å². The van der Waals surface area contributed by atoms with Crippen LogP contribution in [0.2, 0.25) is 0 Å². The van der Waals surface area contributed by atoms with Crippen molar-refractivity contribution in [1.29, 1.82) is 0 Å². The first-order valence-electron chi connectivity index (χ1n) is 4.52. The maximum absolute atomic E-state index is 10.3. The van der Waals surface area contributed by atoms with Crippen LogP contribution in [0.1, 0.15) is 5.56 Å². The number of carbonyl (C=O) groups is 1. The Kier molecular flexibility index (Phi) is 4.10. The molecule has 0 fully saturated rings. The topological polar surface area (TPSA) is 82.8 Å². The summed E-state index contributed by atoms with van der Waals surface area (Å²) in [4.78, 5) is 10.3. The molecule has 0 saturated carbocycles. The van der Waals surface area contributed by atoms with E-state index in [0.29, 0.717) is 6.54 Å². The van der Waals surface area contributed by atoms with Gasteiger partial charge in [0.2, 0.25) is 0 Å². The van der Waals surface area contributed by atoms with E-state index < -0.39 is 12.0 Å². The van der Waals surface area contributed by atoms with E-state index >= 15 is 0 Å². The van der Waals surface area contributed by atoms with Crippen molar-refractivity contribution >= 4 is 5.97 Å². The number of carboxylic acids is 1. The SMILES string of the molecule is N[C@H](C[NH2+]Cc1ccccc1)C(=O)[O-]. The molecule has 0 saturated heterocycles. The van der Waals surface area contributed by atoms with E-state index in [4.69, 9.17) is 5.73 Å². The zero-order valence-corrected chi connectivity index (χ0v) is 7.85. The summed E-state index contributed by atoms with van der Waals surface area (Å²) in [5.74, 6) is -1.20. The third kappa shape index (κ3) is 3.55. The lowest BCUT2D eigenvalue weighted by atomic mass is 10.2. The third-order valence-corrected chi connectivity index (χ3v) is 1.95. The molecule has 0 aromatic heterocycles. The van der Waals surface area contributed by atoms with Crippen LogP contribution >= 0.6 is 0 Å². The van der Waals surface area contributed by atoms with Crippen molar-refractivity contribution in [3.05, 3.63) is 35.9 Å². The van der Waals surface area contributed by atoms with Crippen molar-refractivity contribution in [3.63, 3.8) is 0 Å². The predicted octanol–water partition coefficient (Wildman–Crippen LogP) is -2.17. The molecule has 0 aliphatic rings. The fourth-order valence-electron chi connectivity index (χ4n) is 1.14. The standard InChI is InChI=1S/C10H14N2O2/c11-9(10(13)14)7-12-6-8-4-2-1-3-5-8/h1-5,9,12H,6-7,11H2,(H,13,14)/t9-/m1/s1. The van der Waals surface area contributed by atoms with E-state index in [1.54, 1.807) is 0 Å². The number of aliphatic carboxylic acids is 1. The van der Waals surface area contributed by atoms with Crippen LogP contribution in [-0.4, -0.2) is 18.6 Å². The molecule has 0 bridgehead atoms. The minimum absolute atomic E-state index is 0.344. The Morgan fingerprint density at radius 1 is 1.43 bits per heavy atom. The van der Waals surface area contributed by atoms with Crippen LogP contribution in [0.5, 0.6) is 0 Å². The summed E-state index contributed by atoms with van der Waals surface area (Å²) in [6, 6.07) is 8.92. The Morgan fingerprint density at radius 3 is 2.64 bits per heavy atom. The molecular weight excluding hydrogens is 180 g/mol. The summed E-state index contributed by atoms with van der Waals surface area (Å²) >= 11 is 0. The second-order valence-corrected chi connectivity index (χ2v) is 3.14. The molecule has 4 nitrogen and oxygen atoms in total. The van der Waals surface area contributed by atoms with Gasteiger partial charge < -0.3 is 21.0 Å². The van der Waals surface area contributed by atoms with Gasteiger partial charge in [0.1, 0.15) is 6.54 Å². The van der Waals surface area contributed by atoms with Gasteiger partial charge in [-0.1, -0.05) is 30.3 Å². The first kappa shape index (κ1) is 10.7. The van der Waals surface area contributed by atoms with Gasteiger partial charge in [0.15, 0.2) is 0 Å². The van der Waals surface area contributed by atoms with Crippen molar-refractivity contribution in [2.24, 2.45) is 5.73 Å². The molecule has 14 heavy (non-hydrogen) atoms. The van der Waals surface area contributed by atoms with E-state index in [-0.39, 0.29) is 0 Å². The number of carbonyl (C=O) groups excluding carboxylic acids is 1. The molecule has 0 radical (unpaired) electrons. The number of hydrogen-bond donors (Lipinski definition) is 2. The van der Waals surface area contributed by atoms with Gasteiger partial charge in [0.05, 0.1) is 18.6 Å². The average molecular weight is 194 g/mol. The molecule has 76 valence electrons. The zero-order valence-electron chi connectivity index (χ0n) is 7.85. The van der Waals surface area contributed by atoms with Gasteiger partial charge in [-0.3, -0.25) is 0 Å². The lowest BCUT2D eigenvalue weighted by molar-refractivity contribution is -0.671. The smallest absolute Gasteiger partial charge is 0.101 e. The van der Waals surface area contributed by atoms with Crippen LogP contribution in [0.3, 0.4) is 0 Å². The van der Waals surface area contributed by atoms with Gasteiger partial charge in [0.25, 0.3) is 0 Å². The molecule has 1 atom stereocenters. The Balaban J connectivity index is 2.26. The van der Waals surface area contributed by atoms with Crippen molar-refractivity contribution in [1.82, 2.24) is 0 Å². The average Bonchev–Trinajstić information content (AvgIpc) is 2.19. The number of nitrogens with two attached hydrogens (primary N) is 2. The van der Waals surface area contributed by atoms with E-state index in [1.165, 1.54) is 0 Å². The second-order valence-electron chi connectivity index (χ2n) is 3.14. The predicted molar refractivity (Wildman–Crippen MR) is 49.9 cm³/mol. The van der Waals surface area contributed by atoms with Crippen molar-refractivity contribution in [2.75, 3.05) is 6.54 Å². The van der Waals surface area contributed by atoms with Crippen LogP contribution < -0.4 is 16.2 Å². The lowest BCUT2D eigenvalue weighted by Crippen LogP contribution is -2.86. The van der Waals surface area contributed by atoms with Crippen LogP contribution in [0, 0.1) is 0 Å². The van der Waals surface area contributed by atoms with Gasteiger partial charge in [-0.05, 0) is 0 Å². The molecule has 1 aromatic carbocycles. The highest BCUT2D eigenvalue weighted by atomic mass is 16.4. The van der Waals surface area contributed by atoms with Crippen LogP contribution in [-0.2, 0) is 11.3 Å². The van der Waals surface area contributed by atoms with Gasteiger partial charge in [0, 0.05) is 5.56 Å². The first-order chi connectivity index (χ1) is 6.70. The molecule has 4 N–H and O–H groups in total. The lowest BCUT2D eigenvalue weighted by Gasteiger charge is -2.10. The molecule has 4 heteroatoms. The fourth-order valence-corrected chi connectivity index (χ4v) is 1.14. The monoisotopic (exact) mass is 194 g/mol. The molecule has 0 amide bonds. The third-order valence-electron chi connectivity index (χ3n) is 1.95. The van der Waals surface area contributed by atoms with Gasteiger partial charge in [-0.2, -0.15) is 0 Å². The largest absolute Gasteiger partial charge is 0.548 e. The minimum Gasteiger partial charge on any atom is -0.548 e. The summed E-state index contributed by atoms with van der Waals surface area (Å²) < 4.78 is 0. The van der Waals surface area contributed by atoms with Crippen molar-refractivity contribution in [3.8, 4) is 0 Å². The first-order valence-corrected chi connectivity index (χ1v) is 4.52. The Bertz CT molecular complexity index is 287. The molecule has 0 heterocycles. The highest BCUT2D eigenvalue weighted by molar-refractivity contribution is 5.70. The van der Waals surface area contributed by atoms with E-state index in [2.05, 4.69) is 0 Å². The molecule has 0 aliphatic carbocycles. The van der Waals surface area contributed by atoms with Crippen molar-refractivity contribution < 1.29 is 15.2 Å². The number of hydrogen-bond acceptors (Lipinski definition) is 3. The van der Waals surface area contributed by atoms with Gasteiger partial charge >= 0.3 is 0 Å². The minimum atomic E-state index is -1.20. The van der Waals surface area contributed by atoms with Crippen LogP contribution in [0.15, 0.2) is 30.3 Å². The number of rotatable bonds is 5. The highest BCUT2D eigenvalue weighted by Gasteiger charge is 2.04. The van der Waals surface area contributed by atoms with Crippen LogP contribution in [0.4, 0.5) is 0 Å². The summed E-state index contributed by atoms with van der Waals surface area (Å²) in [6.45, 7) is 1.08. The zero-order chi connectivity index (χ0) is 10.4. The second kappa shape index (κ2) is 5.36. The number of benzene rings is 1. The Morgan fingerprint density at radius 2 is 2.07 bits per heavy atom. The normalized spacial score (nSPS) is 12.4. The molecule has 0 spiro atoms. The van der Waals surface area contributed by atoms with E-state index in [0.717, 1.165) is 12.1 Å². The molecule has 1 rings (SSSR count). The van der Waals surface area contributed by atoms with E-state index in [1.807, 2.05) is 35.6 Å².